The van der Waals surface area contributed by atoms with Crippen molar-refractivity contribution in [3.63, 3.8) is 0 Å². The topological polar surface area (TPSA) is 119 Å². The van der Waals surface area contributed by atoms with Crippen LogP contribution in [0.1, 0.15) is 17.3 Å². The lowest BCUT2D eigenvalue weighted by Gasteiger charge is -2.10. The first-order valence-corrected chi connectivity index (χ1v) is 7.39. The first-order valence-electron chi connectivity index (χ1n) is 5.91. The predicted molar refractivity (Wildman–Crippen MR) is 71.8 cm³/mol. The second-order valence-corrected chi connectivity index (χ2v) is 5.65. The average molecular weight is 317 g/mol. The minimum absolute atomic E-state index is 0.155. The molecule has 1 rings (SSSR count). The molecule has 0 saturated heterocycles. The molecule has 0 aliphatic rings. The molecule has 9 heteroatoms. The molecule has 2 N–H and O–H groups in total. The van der Waals surface area contributed by atoms with E-state index in [-0.39, 0.29) is 22.8 Å². The third kappa shape index (κ3) is 4.43. The van der Waals surface area contributed by atoms with E-state index >= 15 is 0 Å². The molecule has 0 spiro atoms. The highest BCUT2D eigenvalue weighted by molar-refractivity contribution is 7.89. The van der Waals surface area contributed by atoms with Gasteiger partial charge in [0.1, 0.15) is 11.3 Å². The number of carbonyl (C=O) groups excluding carboxylic acids is 1. The van der Waals surface area contributed by atoms with E-state index in [1.807, 2.05) is 0 Å². The summed E-state index contributed by atoms with van der Waals surface area (Å²) in [6, 6.07) is 3.26. The minimum Gasteiger partial charge on any atom is -0.481 e. The first kappa shape index (κ1) is 16.9. The lowest BCUT2D eigenvalue weighted by atomic mass is 10.2. The lowest BCUT2D eigenvalue weighted by Crippen LogP contribution is -2.20. The molecule has 0 bridgehead atoms. The van der Waals surface area contributed by atoms with Crippen LogP contribution in [0.4, 0.5) is 0 Å². The summed E-state index contributed by atoms with van der Waals surface area (Å²) in [6.45, 7) is 1.25. The monoisotopic (exact) mass is 317 g/mol. The molecule has 0 unspecified atom stereocenters. The van der Waals surface area contributed by atoms with Crippen LogP contribution in [0, 0.1) is 0 Å². The number of hydrogen-bond donors (Lipinski definition) is 2. The molecular formula is C12H15NO7S. The molecule has 0 aromatic heterocycles. The van der Waals surface area contributed by atoms with Gasteiger partial charge in [0, 0.05) is 6.07 Å². The molecule has 116 valence electrons. The van der Waals surface area contributed by atoms with Crippen molar-refractivity contribution in [2.75, 3.05) is 20.3 Å². The summed E-state index contributed by atoms with van der Waals surface area (Å²) in [5, 5.41) is 9.02. The van der Waals surface area contributed by atoms with Crippen molar-refractivity contribution < 1.29 is 32.6 Å². The van der Waals surface area contributed by atoms with Crippen molar-refractivity contribution in [1.29, 1.82) is 0 Å². The van der Waals surface area contributed by atoms with Crippen LogP contribution in [0.3, 0.4) is 0 Å². The van der Waals surface area contributed by atoms with E-state index in [1.54, 1.807) is 6.92 Å². The fourth-order valence-electron chi connectivity index (χ4n) is 1.42. The third-order valence-corrected chi connectivity index (χ3v) is 3.83. The SMILES string of the molecule is CCOC(=O)COc1cc(S(=O)(=O)NC)ccc1C(=O)O. The molecule has 0 aliphatic carbocycles. The van der Waals surface area contributed by atoms with Gasteiger partial charge in [-0.1, -0.05) is 0 Å². The average Bonchev–Trinajstić information content (AvgIpc) is 2.45. The standard InChI is InChI=1S/C12H15NO7S/c1-3-19-11(14)7-20-10-6-8(21(17,18)13-2)4-5-9(10)12(15)16/h4-6,13H,3,7H2,1-2H3,(H,15,16). The van der Waals surface area contributed by atoms with Crippen molar-refractivity contribution in [2.45, 2.75) is 11.8 Å². The number of carbonyl (C=O) groups is 2. The number of nitrogens with one attached hydrogen (secondary N) is 1. The van der Waals surface area contributed by atoms with E-state index in [2.05, 4.69) is 9.46 Å². The molecule has 0 amide bonds. The van der Waals surface area contributed by atoms with Crippen molar-refractivity contribution in [1.82, 2.24) is 4.72 Å². The lowest BCUT2D eigenvalue weighted by molar-refractivity contribution is -0.145. The fourth-order valence-corrected chi connectivity index (χ4v) is 2.17. The van der Waals surface area contributed by atoms with Crippen LogP contribution in [0.25, 0.3) is 0 Å². The van der Waals surface area contributed by atoms with Gasteiger partial charge in [0.25, 0.3) is 0 Å². The molecule has 0 saturated carbocycles. The number of aromatic carboxylic acids is 1. The van der Waals surface area contributed by atoms with E-state index < -0.39 is 28.6 Å². The summed E-state index contributed by atoms with van der Waals surface area (Å²) in [5.74, 6) is -2.22. The van der Waals surface area contributed by atoms with E-state index in [0.717, 1.165) is 18.2 Å². The van der Waals surface area contributed by atoms with E-state index in [0.29, 0.717) is 0 Å². The van der Waals surface area contributed by atoms with Crippen LogP contribution in [0.5, 0.6) is 5.75 Å². The Labute approximate surface area is 121 Å². The predicted octanol–water partition coefficient (Wildman–Crippen LogP) is 0.235. The quantitative estimate of drug-likeness (QED) is 0.691. The van der Waals surface area contributed by atoms with Gasteiger partial charge in [0.15, 0.2) is 6.61 Å². The zero-order valence-corrected chi connectivity index (χ0v) is 12.3. The number of ether oxygens (including phenoxy) is 2. The Morgan fingerprint density at radius 1 is 1.33 bits per heavy atom. The van der Waals surface area contributed by atoms with Crippen molar-refractivity contribution in [3.05, 3.63) is 23.8 Å². The number of esters is 1. The van der Waals surface area contributed by atoms with Gasteiger partial charge in [0.05, 0.1) is 11.5 Å². The van der Waals surface area contributed by atoms with Gasteiger partial charge in [0.2, 0.25) is 10.0 Å². The fraction of sp³-hybridized carbons (Fsp3) is 0.333. The van der Waals surface area contributed by atoms with Crippen LogP contribution in [-0.2, 0) is 19.6 Å². The van der Waals surface area contributed by atoms with Gasteiger partial charge in [-0.05, 0) is 26.1 Å². The highest BCUT2D eigenvalue weighted by Gasteiger charge is 2.18. The highest BCUT2D eigenvalue weighted by Crippen LogP contribution is 2.23. The minimum atomic E-state index is -3.75. The van der Waals surface area contributed by atoms with Crippen LogP contribution >= 0.6 is 0 Å². The zero-order valence-electron chi connectivity index (χ0n) is 11.5. The normalized spacial score (nSPS) is 11.0. The van der Waals surface area contributed by atoms with Gasteiger partial charge in [-0.25, -0.2) is 22.7 Å². The maximum atomic E-state index is 11.7. The number of benzene rings is 1. The van der Waals surface area contributed by atoms with Crippen LogP contribution in [-0.4, -0.2) is 45.7 Å². The number of carboxylic acids is 1. The molecular weight excluding hydrogens is 302 g/mol. The highest BCUT2D eigenvalue weighted by atomic mass is 32.2. The summed E-state index contributed by atoms with van der Waals surface area (Å²) in [5.41, 5.74) is -0.255. The van der Waals surface area contributed by atoms with Gasteiger partial charge in [-0.3, -0.25) is 0 Å². The van der Waals surface area contributed by atoms with Crippen LogP contribution in [0.15, 0.2) is 23.1 Å². The number of hydrogen-bond acceptors (Lipinski definition) is 6. The Morgan fingerprint density at radius 3 is 2.52 bits per heavy atom. The molecule has 0 aliphatic heterocycles. The second-order valence-electron chi connectivity index (χ2n) is 3.76. The third-order valence-electron chi connectivity index (χ3n) is 2.41. The van der Waals surface area contributed by atoms with E-state index in [1.165, 1.54) is 7.05 Å². The van der Waals surface area contributed by atoms with E-state index in [9.17, 15) is 18.0 Å². The molecule has 1 aromatic rings. The Kier molecular flexibility index (Phi) is 5.68. The van der Waals surface area contributed by atoms with E-state index in [4.69, 9.17) is 9.84 Å². The number of carboxylic acid groups (broad SMARTS) is 1. The van der Waals surface area contributed by atoms with Gasteiger partial charge in [-0.15, -0.1) is 0 Å². The summed E-state index contributed by atoms with van der Waals surface area (Å²) in [6.07, 6.45) is 0. The van der Waals surface area contributed by atoms with Gasteiger partial charge >= 0.3 is 11.9 Å². The van der Waals surface area contributed by atoms with Crippen LogP contribution in [0.2, 0.25) is 0 Å². The summed E-state index contributed by atoms with van der Waals surface area (Å²) >= 11 is 0. The van der Waals surface area contributed by atoms with Gasteiger partial charge in [-0.2, -0.15) is 0 Å². The number of rotatable bonds is 7. The molecule has 0 radical (unpaired) electrons. The maximum absolute atomic E-state index is 11.7. The first-order chi connectivity index (χ1) is 9.81. The number of sulfonamides is 1. The summed E-state index contributed by atoms with van der Waals surface area (Å²) in [7, 11) is -2.53. The Balaban J connectivity index is 3.11. The Morgan fingerprint density at radius 2 is 2.00 bits per heavy atom. The van der Waals surface area contributed by atoms with Gasteiger partial charge < -0.3 is 14.6 Å². The second kappa shape index (κ2) is 7.04. The molecule has 21 heavy (non-hydrogen) atoms. The molecule has 0 atom stereocenters. The Hall–Kier alpha value is -2.13. The molecule has 8 nitrogen and oxygen atoms in total. The van der Waals surface area contributed by atoms with Crippen molar-refractivity contribution in [3.8, 4) is 5.75 Å². The summed E-state index contributed by atoms with van der Waals surface area (Å²) in [4.78, 5) is 22.1. The largest absolute Gasteiger partial charge is 0.481 e. The zero-order chi connectivity index (χ0) is 16.0. The Bertz CT molecular complexity index is 639. The summed E-state index contributed by atoms with van der Waals surface area (Å²) < 4.78 is 35.1. The van der Waals surface area contributed by atoms with Crippen LogP contribution < -0.4 is 9.46 Å². The molecule has 0 heterocycles. The molecule has 1 aromatic carbocycles. The molecule has 0 fully saturated rings. The maximum Gasteiger partial charge on any atom is 0.344 e. The van der Waals surface area contributed by atoms with Crippen molar-refractivity contribution >= 4 is 22.0 Å². The smallest absolute Gasteiger partial charge is 0.344 e. The van der Waals surface area contributed by atoms with Crippen molar-refractivity contribution in [2.24, 2.45) is 0 Å².